The van der Waals surface area contributed by atoms with Crippen molar-refractivity contribution >= 4 is 67.0 Å². The molecule has 188 valence electrons. The number of amides is 2. The second kappa shape index (κ2) is 9.08. The molecule has 0 spiro atoms. The van der Waals surface area contributed by atoms with E-state index in [9.17, 15) is 9.59 Å². The number of anilines is 2. The molecule has 0 unspecified atom stereocenters. The molecule has 4 N–H and O–H groups in total. The van der Waals surface area contributed by atoms with E-state index in [2.05, 4.69) is 44.9 Å². The van der Waals surface area contributed by atoms with Gasteiger partial charge in [0.15, 0.2) is 0 Å². The van der Waals surface area contributed by atoms with E-state index in [1.807, 2.05) is 42.5 Å². The van der Waals surface area contributed by atoms with Gasteiger partial charge in [-0.15, -0.1) is 0 Å². The minimum atomic E-state index is -0.518. The summed E-state index contributed by atoms with van der Waals surface area (Å²) in [5, 5.41) is 9.97. The molecule has 0 saturated heterocycles. The van der Waals surface area contributed by atoms with E-state index in [-0.39, 0.29) is 0 Å². The third kappa shape index (κ3) is 4.12. The second-order valence-electron chi connectivity index (χ2n) is 9.33. The van der Waals surface area contributed by atoms with Crippen LogP contribution in [-0.2, 0) is 0 Å². The highest BCUT2D eigenvalue weighted by Crippen LogP contribution is 2.35. The molecule has 0 fully saturated rings. The first-order chi connectivity index (χ1) is 19.1. The largest absolute Gasteiger partial charge is 0.423 e. The van der Waals surface area contributed by atoms with Crippen molar-refractivity contribution in [2.45, 2.75) is 0 Å². The number of nitrogens with one attached hydrogen (secondary N) is 4. The van der Waals surface area contributed by atoms with E-state index in [0.29, 0.717) is 22.7 Å². The Morgan fingerprint density at radius 2 is 1.21 bits per heavy atom. The summed E-state index contributed by atoms with van der Waals surface area (Å²) in [6, 6.07) is 33.4. The van der Waals surface area contributed by atoms with E-state index < -0.39 is 12.0 Å². The van der Waals surface area contributed by atoms with Crippen LogP contribution in [0, 0.1) is 0 Å². The maximum atomic E-state index is 13.0. The average Bonchev–Trinajstić information content (AvgIpc) is 3.52. The molecule has 7 nitrogen and oxygen atoms in total. The molecular formula is C32H22N4O3. The molecule has 5 aromatic carbocycles. The van der Waals surface area contributed by atoms with Gasteiger partial charge in [0.1, 0.15) is 5.75 Å². The van der Waals surface area contributed by atoms with Crippen molar-refractivity contribution in [2.75, 3.05) is 10.6 Å². The molecule has 0 radical (unpaired) electrons. The SMILES string of the molecule is O=C(Nc1ccccc1)Nc1cccc(C(=O)Oc2ccc3c(c2)[nH]c2c3ccc3c4ccccc4[nH]c32)c1. The number of rotatable bonds is 4. The highest BCUT2D eigenvalue weighted by atomic mass is 16.5. The van der Waals surface area contributed by atoms with Gasteiger partial charge >= 0.3 is 12.0 Å². The Bertz CT molecular complexity index is 2040. The van der Waals surface area contributed by atoms with Crippen LogP contribution < -0.4 is 15.4 Å². The summed E-state index contributed by atoms with van der Waals surface area (Å²) in [6.07, 6.45) is 0. The van der Waals surface area contributed by atoms with Crippen molar-refractivity contribution < 1.29 is 14.3 Å². The standard InChI is InChI=1S/C32H22N4O3/c37-31(19-7-6-10-21(17-19)34-32(38)33-20-8-2-1-3-9-20)39-22-13-14-24-26-16-15-25-23-11-4-5-12-27(23)35-29(25)30(26)36-28(24)18-22/h1-18,35-36H,(H2,33,34,38). The van der Waals surface area contributed by atoms with Gasteiger partial charge in [-0.05, 0) is 48.5 Å². The number of H-pyrrole nitrogens is 2. The summed E-state index contributed by atoms with van der Waals surface area (Å²) in [6.45, 7) is 0. The number of fused-ring (bicyclic) bond motifs is 7. The number of esters is 1. The highest BCUT2D eigenvalue weighted by molar-refractivity contribution is 6.21. The molecule has 0 aliphatic rings. The van der Waals surface area contributed by atoms with Gasteiger partial charge in [-0.1, -0.05) is 54.6 Å². The molecule has 39 heavy (non-hydrogen) atoms. The quantitative estimate of drug-likeness (QED) is 0.143. The van der Waals surface area contributed by atoms with Gasteiger partial charge in [-0.2, -0.15) is 0 Å². The molecule has 2 amide bonds. The zero-order valence-electron chi connectivity index (χ0n) is 20.6. The summed E-state index contributed by atoms with van der Waals surface area (Å²) in [7, 11) is 0. The maximum absolute atomic E-state index is 13.0. The zero-order valence-corrected chi connectivity index (χ0v) is 20.6. The number of ether oxygens (including phenoxy) is 1. The third-order valence-electron chi connectivity index (χ3n) is 6.82. The minimum Gasteiger partial charge on any atom is -0.423 e. The molecule has 7 rings (SSSR count). The number of carbonyl (C=O) groups is 2. The minimum absolute atomic E-state index is 0.323. The van der Waals surface area contributed by atoms with Gasteiger partial charge < -0.3 is 25.3 Å². The van der Waals surface area contributed by atoms with Crippen LogP contribution in [0.5, 0.6) is 5.75 Å². The number of hydrogen-bond donors (Lipinski definition) is 4. The van der Waals surface area contributed by atoms with Crippen LogP contribution in [0.1, 0.15) is 10.4 Å². The molecule has 0 aliphatic carbocycles. The van der Waals surface area contributed by atoms with Gasteiger partial charge in [-0.3, -0.25) is 0 Å². The smallest absolute Gasteiger partial charge is 0.343 e. The van der Waals surface area contributed by atoms with Crippen molar-refractivity contribution in [3.8, 4) is 5.75 Å². The first-order valence-corrected chi connectivity index (χ1v) is 12.5. The van der Waals surface area contributed by atoms with E-state index in [1.165, 1.54) is 5.39 Å². The number of carbonyl (C=O) groups excluding carboxylic acids is 2. The fourth-order valence-corrected chi connectivity index (χ4v) is 5.04. The lowest BCUT2D eigenvalue weighted by atomic mass is 10.1. The van der Waals surface area contributed by atoms with Gasteiger partial charge in [0, 0.05) is 44.5 Å². The molecule has 7 heteroatoms. The zero-order chi connectivity index (χ0) is 26.3. The first-order valence-electron chi connectivity index (χ1n) is 12.5. The molecular weight excluding hydrogens is 488 g/mol. The fraction of sp³-hybridized carbons (Fsp3) is 0. The Labute approximate surface area is 222 Å². The molecule has 2 heterocycles. The molecule has 0 bridgehead atoms. The molecule has 2 aromatic heterocycles. The van der Waals surface area contributed by atoms with E-state index in [4.69, 9.17) is 4.74 Å². The summed E-state index contributed by atoms with van der Waals surface area (Å²) in [5.74, 6) is -0.0947. The summed E-state index contributed by atoms with van der Waals surface area (Å²) in [4.78, 5) is 32.3. The Morgan fingerprint density at radius 3 is 2.03 bits per heavy atom. The molecule has 0 aliphatic heterocycles. The van der Waals surface area contributed by atoms with E-state index in [0.717, 1.165) is 38.2 Å². The van der Waals surface area contributed by atoms with Gasteiger partial charge in [0.25, 0.3) is 0 Å². The molecule has 0 saturated carbocycles. The third-order valence-corrected chi connectivity index (χ3v) is 6.82. The van der Waals surface area contributed by atoms with Crippen molar-refractivity contribution in [2.24, 2.45) is 0 Å². The fourth-order valence-electron chi connectivity index (χ4n) is 5.04. The number of hydrogen-bond acceptors (Lipinski definition) is 3. The Balaban J connectivity index is 1.14. The number of benzene rings is 5. The number of para-hydroxylation sites is 2. The summed E-state index contributed by atoms with van der Waals surface area (Å²) in [5.41, 5.74) is 5.48. The topological polar surface area (TPSA) is 99.0 Å². The number of urea groups is 1. The van der Waals surface area contributed by atoms with Crippen molar-refractivity contribution in [1.29, 1.82) is 0 Å². The van der Waals surface area contributed by atoms with Gasteiger partial charge in [0.2, 0.25) is 0 Å². The maximum Gasteiger partial charge on any atom is 0.343 e. The van der Waals surface area contributed by atoms with Gasteiger partial charge in [-0.25, -0.2) is 9.59 Å². The second-order valence-corrected chi connectivity index (χ2v) is 9.33. The summed E-state index contributed by atoms with van der Waals surface area (Å²) >= 11 is 0. The van der Waals surface area contributed by atoms with Crippen molar-refractivity contribution in [3.05, 3.63) is 115 Å². The normalized spacial score (nSPS) is 11.3. The van der Waals surface area contributed by atoms with Crippen LogP contribution in [0.3, 0.4) is 0 Å². The lowest BCUT2D eigenvalue weighted by molar-refractivity contribution is 0.0735. The lowest BCUT2D eigenvalue weighted by Gasteiger charge is -2.09. The van der Waals surface area contributed by atoms with E-state index >= 15 is 0 Å². The Hall–Kier alpha value is -5.56. The van der Waals surface area contributed by atoms with Crippen LogP contribution in [0.15, 0.2) is 109 Å². The predicted octanol–water partition coefficient (Wildman–Crippen LogP) is 7.82. The number of aromatic nitrogens is 2. The highest BCUT2D eigenvalue weighted by Gasteiger charge is 2.14. The molecule has 7 aromatic rings. The average molecular weight is 511 g/mol. The first kappa shape index (κ1) is 22.6. The van der Waals surface area contributed by atoms with Crippen LogP contribution in [0.25, 0.3) is 43.6 Å². The van der Waals surface area contributed by atoms with Crippen LogP contribution in [0.2, 0.25) is 0 Å². The predicted molar refractivity (Wildman–Crippen MR) is 156 cm³/mol. The van der Waals surface area contributed by atoms with Crippen LogP contribution in [0.4, 0.5) is 16.2 Å². The van der Waals surface area contributed by atoms with Crippen LogP contribution >= 0.6 is 0 Å². The summed E-state index contributed by atoms with van der Waals surface area (Å²) < 4.78 is 5.70. The van der Waals surface area contributed by atoms with Crippen LogP contribution in [-0.4, -0.2) is 22.0 Å². The number of aromatic amines is 2. The van der Waals surface area contributed by atoms with Gasteiger partial charge in [0.05, 0.1) is 22.1 Å². The van der Waals surface area contributed by atoms with Crippen molar-refractivity contribution in [3.63, 3.8) is 0 Å². The van der Waals surface area contributed by atoms with E-state index in [1.54, 1.807) is 42.5 Å². The lowest BCUT2D eigenvalue weighted by Crippen LogP contribution is -2.19. The monoisotopic (exact) mass is 510 g/mol. The Kier molecular flexibility index (Phi) is 5.26. The van der Waals surface area contributed by atoms with Crippen molar-refractivity contribution in [1.82, 2.24) is 9.97 Å². The Morgan fingerprint density at radius 1 is 0.564 bits per heavy atom. The molecule has 0 atom stereocenters.